The summed E-state index contributed by atoms with van der Waals surface area (Å²) in [6.07, 6.45) is 4.52. The Morgan fingerprint density at radius 1 is 1.60 bits per heavy atom. The second kappa shape index (κ2) is 6.56. The Balaban J connectivity index is 2.03. The molecule has 1 heterocycles. The zero-order valence-corrected chi connectivity index (χ0v) is 12.0. The number of thiophene rings is 1. The summed E-state index contributed by atoms with van der Waals surface area (Å²) >= 11 is 1.71. The number of rotatable bonds is 5. The van der Waals surface area contributed by atoms with Crippen LogP contribution in [0, 0.1) is 0 Å². The summed E-state index contributed by atoms with van der Waals surface area (Å²) in [7, 11) is 0. The average Bonchev–Trinajstić information content (AvgIpc) is 2.87. The first-order valence-corrected chi connectivity index (χ1v) is 7.44. The number of aliphatic carboxylic acids is 1. The SMILES string of the molecule is C=CCN(CC(=O)O)C(=O)NC1CCCc2sccc21. The summed E-state index contributed by atoms with van der Waals surface area (Å²) in [4.78, 5) is 25.5. The van der Waals surface area contributed by atoms with Crippen LogP contribution in [0.15, 0.2) is 24.1 Å². The molecule has 2 N–H and O–H groups in total. The average molecular weight is 294 g/mol. The van der Waals surface area contributed by atoms with Crippen LogP contribution in [-0.2, 0) is 11.2 Å². The minimum Gasteiger partial charge on any atom is -0.480 e. The van der Waals surface area contributed by atoms with E-state index in [0.29, 0.717) is 0 Å². The van der Waals surface area contributed by atoms with Gasteiger partial charge in [-0.1, -0.05) is 6.08 Å². The third kappa shape index (κ3) is 3.39. The summed E-state index contributed by atoms with van der Waals surface area (Å²) < 4.78 is 0. The Bertz CT molecular complexity index is 512. The molecule has 0 aliphatic heterocycles. The van der Waals surface area contributed by atoms with E-state index in [4.69, 9.17) is 5.11 Å². The number of hydrogen-bond acceptors (Lipinski definition) is 3. The van der Waals surface area contributed by atoms with E-state index in [-0.39, 0.29) is 25.2 Å². The van der Waals surface area contributed by atoms with Gasteiger partial charge in [-0.2, -0.15) is 0 Å². The first-order valence-electron chi connectivity index (χ1n) is 6.56. The van der Waals surface area contributed by atoms with Gasteiger partial charge in [-0.15, -0.1) is 17.9 Å². The van der Waals surface area contributed by atoms with Gasteiger partial charge in [0, 0.05) is 11.4 Å². The molecular formula is C14H18N2O3S. The van der Waals surface area contributed by atoms with Crippen molar-refractivity contribution in [3.8, 4) is 0 Å². The van der Waals surface area contributed by atoms with Gasteiger partial charge in [0.05, 0.1) is 6.04 Å². The predicted octanol–water partition coefficient (Wildman–Crippen LogP) is 2.41. The maximum Gasteiger partial charge on any atom is 0.323 e. The fourth-order valence-electron chi connectivity index (χ4n) is 2.42. The molecule has 1 aromatic rings. The second-order valence-corrected chi connectivity index (χ2v) is 5.76. The van der Waals surface area contributed by atoms with Crippen LogP contribution in [0.2, 0.25) is 0 Å². The van der Waals surface area contributed by atoms with Crippen molar-refractivity contribution in [2.45, 2.75) is 25.3 Å². The van der Waals surface area contributed by atoms with Crippen LogP contribution in [0.25, 0.3) is 0 Å². The Hall–Kier alpha value is -1.82. The molecule has 20 heavy (non-hydrogen) atoms. The lowest BCUT2D eigenvalue weighted by atomic mass is 9.94. The number of nitrogens with one attached hydrogen (secondary N) is 1. The van der Waals surface area contributed by atoms with E-state index < -0.39 is 5.97 Å². The van der Waals surface area contributed by atoms with E-state index in [2.05, 4.69) is 11.9 Å². The van der Waals surface area contributed by atoms with Crippen molar-refractivity contribution in [2.75, 3.05) is 13.1 Å². The number of amides is 2. The fraction of sp³-hybridized carbons (Fsp3) is 0.429. The number of hydrogen-bond donors (Lipinski definition) is 2. The molecule has 2 rings (SSSR count). The summed E-state index contributed by atoms with van der Waals surface area (Å²) in [5.41, 5.74) is 1.17. The van der Waals surface area contributed by atoms with Crippen molar-refractivity contribution in [1.29, 1.82) is 0 Å². The number of carboxylic acid groups (broad SMARTS) is 1. The van der Waals surface area contributed by atoms with E-state index >= 15 is 0 Å². The van der Waals surface area contributed by atoms with Crippen LogP contribution in [0.3, 0.4) is 0 Å². The number of urea groups is 1. The highest BCUT2D eigenvalue weighted by molar-refractivity contribution is 7.10. The van der Waals surface area contributed by atoms with Gasteiger partial charge >= 0.3 is 12.0 Å². The Kier molecular flexibility index (Phi) is 4.79. The molecule has 0 radical (unpaired) electrons. The highest BCUT2D eigenvalue weighted by Gasteiger charge is 2.25. The molecule has 1 aliphatic carbocycles. The lowest BCUT2D eigenvalue weighted by Crippen LogP contribution is -2.44. The molecule has 2 amide bonds. The zero-order chi connectivity index (χ0) is 14.5. The quantitative estimate of drug-likeness (QED) is 0.819. The molecule has 6 heteroatoms. The van der Waals surface area contributed by atoms with Gasteiger partial charge in [-0.25, -0.2) is 4.79 Å². The van der Waals surface area contributed by atoms with Crippen molar-refractivity contribution < 1.29 is 14.7 Å². The molecule has 0 fully saturated rings. The predicted molar refractivity (Wildman–Crippen MR) is 77.9 cm³/mol. The minimum atomic E-state index is -1.03. The van der Waals surface area contributed by atoms with E-state index in [0.717, 1.165) is 19.3 Å². The van der Waals surface area contributed by atoms with Gasteiger partial charge in [0.25, 0.3) is 0 Å². The molecule has 0 saturated carbocycles. The van der Waals surface area contributed by atoms with Gasteiger partial charge < -0.3 is 15.3 Å². The third-order valence-corrected chi connectivity index (χ3v) is 4.31. The van der Waals surface area contributed by atoms with Crippen molar-refractivity contribution in [2.24, 2.45) is 0 Å². The van der Waals surface area contributed by atoms with E-state index in [1.54, 1.807) is 11.3 Å². The van der Waals surface area contributed by atoms with Crippen LogP contribution in [0.4, 0.5) is 4.79 Å². The normalized spacial score (nSPS) is 17.1. The van der Waals surface area contributed by atoms with Gasteiger partial charge in [-0.3, -0.25) is 4.79 Å². The van der Waals surface area contributed by atoms with Crippen LogP contribution in [0.5, 0.6) is 0 Å². The lowest BCUT2D eigenvalue weighted by molar-refractivity contribution is -0.137. The number of carboxylic acids is 1. The van der Waals surface area contributed by atoms with Gasteiger partial charge in [0.1, 0.15) is 6.54 Å². The minimum absolute atomic E-state index is 0.0152. The van der Waals surface area contributed by atoms with Crippen molar-refractivity contribution >= 4 is 23.3 Å². The Morgan fingerprint density at radius 3 is 3.10 bits per heavy atom. The summed E-state index contributed by atoms with van der Waals surface area (Å²) in [6, 6.07) is 1.68. The van der Waals surface area contributed by atoms with E-state index in [9.17, 15) is 9.59 Å². The molecule has 0 aromatic carbocycles. The first-order chi connectivity index (χ1) is 9.61. The summed E-state index contributed by atoms with van der Waals surface area (Å²) in [5.74, 6) is -1.03. The third-order valence-electron chi connectivity index (χ3n) is 3.31. The van der Waals surface area contributed by atoms with Crippen molar-refractivity contribution in [3.63, 3.8) is 0 Å². The molecule has 1 aromatic heterocycles. The Morgan fingerprint density at radius 2 is 2.40 bits per heavy atom. The number of nitrogens with zero attached hydrogens (tertiary/aromatic N) is 1. The monoisotopic (exact) mass is 294 g/mol. The number of carbonyl (C=O) groups excluding carboxylic acids is 1. The molecule has 1 aliphatic rings. The number of fused-ring (bicyclic) bond motifs is 1. The van der Waals surface area contributed by atoms with Crippen LogP contribution >= 0.6 is 11.3 Å². The maximum atomic E-state index is 12.2. The van der Waals surface area contributed by atoms with Gasteiger partial charge in [0.2, 0.25) is 0 Å². The molecule has 0 saturated heterocycles. The highest BCUT2D eigenvalue weighted by Crippen LogP contribution is 2.33. The van der Waals surface area contributed by atoms with Gasteiger partial charge in [-0.05, 0) is 36.3 Å². The van der Waals surface area contributed by atoms with Crippen molar-refractivity contribution in [3.05, 3.63) is 34.5 Å². The second-order valence-electron chi connectivity index (χ2n) is 4.76. The van der Waals surface area contributed by atoms with Gasteiger partial charge in [0.15, 0.2) is 0 Å². The summed E-state index contributed by atoms with van der Waals surface area (Å²) in [6.45, 7) is 3.46. The molecule has 0 spiro atoms. The molecule has 5 nitrogen and oxygen atoms in total. The fourth-order valence-corrected chi connectivity index (χ4v) is 3.40. The first kappa shape index (κ1) is 14.6. The standard InChI is InChI=1S/C14H18N2O3S/c1-2-7-16(9-13(17)18)14(19)15-11-4-3-5-12-10(11)6-8-20-12/h2,6,8,11H,1,3-5,7,9H2,(H,15,19)(H,17,18). The number of carbonyl (C=O) groups is 2. The van der Waals surface area contributed by atoms with E-state index in [1.165, 1.54) is 21.4 Å². The largest absolute Gasteiger partial charge is 0.480 e. The topological polar surface area (TPSA) is 69.6 Å². The Labute approximate surface area is 121 Å². The molecule has 1 atom stereocenters. The maximum absolute atomic E-state index is 12.2. The zero-order valence-electron chi connectivity index (χ0n) is 11.2. The smallest absolute Gasteiger partial charge is 0.323 e. The van der Waals surface area contributed by atoms with E-state index in [1.807, 2.05) is 11.4 Å². The molecule has 0 bridgehead atoms. The van der Waals surface area contributed by atoms with Crippen molar-refractivity contribution in [1.82, 2.24) is 10.2 Å². The molecule has 108 valence electrons. The lowest BCUT2D eigenvalue weighted by Gasteiger charge is -2.27. The van der Waals surface area contributed by atoms with Crippen LogP contribution in [-0.4, -0.2) is 35.1 Å². The van der Waals surface area contributed by atoms with Crippen LogP contribution in [0.1, 0.15) is 29.3 Å². The number of aryl methyl sites for hydroxylation is 1. The molecular weight excluding hydrogens is 276 g/mol. The molecule has 1 unspecified atom stereocenters. The highest BCUT2D eigenvalue weighted by atomic mass is 32.1. The van der Waals surface area contributed by atoms with Crippen LogP contribution < -0.4 is 5.32 Å². The summed E-state index contributed by atoms with van der Waals surface area (Å²) in [5, 5.41) is 13.8.